The molecule has 0 aliphatic heterocycles. The van der Waals surface area contributed by atoms with Crippen molar-refractivity contribution in [1.29, 1.82) is 0 Å². The van der Waals surface area contributed by atoms with Crippen LogP contribution in [0.3, 0.4) is 0 Å². The van der Waals surface area contributed by atoms with Gasteiger partial charge in [0.05, 0.1) is 22.9 Å². The van der Waals surface area contributed by atoms with Gasteiger partial charge in [0.2, 0.25) is 0 Å². The van der Waals surface area contributed by atoms with Gasteiger partial charge < -0.3 is 23.7 Å². The second-order valence-electron chi connectivity index (χ2n) is 9.37. The third-order valence-electron chi connectivity index (χ3n) is 3.52. The van der Waals surface area contributed by atoms with Crippen LogP contribution in [0.2, 0.25) is 0 Å². The highest BCUT2D eigenvalue weighted by Crippen LogP contribution is 2.18. The number of rotatable bonds is 9. The second-order valence-corrected chi connectivity index (χ2v) is 9.37. The summed E-state index contributed by atoms with van der Waals surface area (Å²) in [5.74, 6) is -2.26. The predicted octanol–water partition coefficient (Wildman–Crippen LogP) is 3.27. The molecule has 1 unspecified atom stereocenters. The van der Waals surface area contributed by atoms with Gasteiger partial charge in [-0.1, -0.05) is 0 Å². The summed E-state index contributed by atoms with van der Waals surface area (Å²) in [6.07, 6.45) is -2.56. The molecule has 9 nitrogen and oxygen atoms in total. The van der Waals surface area contributed by atoms with Crippen molar-refractivity contribution in [1.82, 2.24) is 0 Å². The molecule has 0 N–H and O–H groups in total. The summed E-state index contributed by atoms with van der Waals surface area (Å²) in [6, 6.07) is 0. The summed E-state index contributed by atoms with van der Waals surface area (Å²) in [5.41, 5.74) is -1.41. The molecule has 0 bridgehead atoms. The van der Waals surface area contributed by atoms with Gasteiger partial charge in [0.1, 0.15) is 19.8 Å². The van der Waals surface area contributed by atoms with Gasteiger partial charge >= 0.3 is 24.1 Å². The minimum atomic E-state index is -1.19. The topological polar surface area (TPSA) is 114 Å². The van der Waals surface area contributed by atoms with Crippen LogP contribution in [0.25, 0.3) is 0 Å². The monoisotopic (exact) mass is 432 g/mol. The fourth-order valence-corrected chi connectivity index (χ4v) is 1.69. The first-order valence-electron chi connectivity index (χ1n) is 9.92. The van der Waals surface area contributed by atoms with Gasteiger partial charge in [-0.15, -0.1) is 0 Å². The SMILES string of the molecule is CC(C)OC(=O)OC(C)C(=O)OCC(COC(=O)C(C)(C)C)COC(=O)C(C)(C)C. The van der Waals surface area contributed by atoms with Crippen LogP contribution in [0.1, 0.15) is 62.3 Å². The molecule has 0 spiro atoms. The minimum absolute atomic E-state index is 0.106. The second kappa shape index (κ2) is 11.8. The Morgan fingerprint density at radius 2 is 1.07 bits per heavy atom. The molecule has 1 atom stereocenters. The highest BCUT2D eigenvalue weighted by Gasteiger charge is 2.28. The maximum atomic E-state index is 12.1. The lowest BCUT2D eigenvalue weighted by Gasteiger charge is -2.23. The lowest BCUT2D eigenvalue weighted by atomic mass is 9.97. The van der Waals surface area contributed by atoms with E-state index in [-0.39, 0.29) is 25.9 Å². The fraction of sp³-hybridized carbons (Fsp3) is 0.810. The molecule has 9 heteroatoms. The van der Waals surface area contributed by atoms with Gasteiger partial charge in [-0.2, -0.15) is 0 Å². The van der Waals surface area contributed by atoms with Gasteiger partial charge in [-0.25, -0.2) is 9.59 Å². The summed E-state index contributed by atoms with van der Waals surface area (Å²) in [4.78, 5) is 47.6. The van der Waals surface area contributed by atoms with Crippen molar-refractivity contribution in [2.24, 2.45) is 16.7 Å². The molecule has 0 saturated heterocycles. The Morgan fingerprint density at radius 1 is 0.667 bits per heavy atom. The summed E-state index contributed by atoms with van der Waals surface area (Å²) in [7, 11) is 0. The predicted molar refractivity (Wildman–Crippen MR) is 107 cm³/mol. The molecule has 0 aromatic heterocycles. The summed E-state index contributed by atoms with van der Waals surface area (Å²) < 4.78 is 25.3. The van der Waals surface area contributed by atoms with Crippen LogP contribution in [0.4, 0.5) is 4.79 Å². The van der Waals surface area contributed by atoms with E-state index in [1.54, 1.807) is 55.4 Å². The molecular formula is C21H36O9. The average Bonchev–Trinajstić information content (AvgIpc) is 2.57. The van der Waals surface area contributed by atoms with Crippen molar-refractivity contribution >= 4 is 24.1 Å². The normalized spacial score (nSPS) is 12.9. The van der Waals surface area contributed by atoms with Gasteiger partial charge in [0, 0.05) is 0 Å². The Kier molecular flexibility index (Phi) is 10.9. The molecule has 0 aromatic rings. The minimum Gasteiger partial charge on any atom is -0.465 e. The fourth-order valence-electron chi connectivity index (χ4n) is 1.69. The Labute approximate surface area is 178 Å². The molecule has 0 heterocycles. The average molecular weight is 433 g/mol. The summed E-state index contributed by atoms with van der Waals surface area (Å²) in [6.45, 7) is 14.5. The Morgan fingerprint density at radius 3 is 1.43 bits per heavy atom. The molecule has 0 saturated carbocycles. The van der Waals surface area contributed by atoms with Crippen LogP contribution in [-0.4, -0.2) is 56.1 Å². The number of hydrogen-bond acceptors (Lipinski definition) is 9. The third kappa shape index (κ3) is 11.6. The highest BCUT2D eigenvalue weighted by molar-refractivity contribution is 5.77. The van der Waals surface area contributed by atoms with Gasteiger partial charge in [0.25, 0.3) is 0 Å². The molecule has 0 aliphatic carbocycles. The smallest absolute Gasteiger partial charge is 0.465 e. The standard InChI is InChI=1S/C21H36O9/c1-13(2)29-19(25)30-14(3)16(22)26-10-15(11-27-17(23)20(4,5)6)12-28-18(24)21(7,8)9/h13-15H,10-12H2,1-9H3. The lowest BCUT2D eigenvalue weighted by molar-refractivity contribution is -0.164. The van der Waals surface area contributed by atoms with Crippen molar-refractivity contribution in [3.05, 3.63) is 0 Å². The van der Waals surface area contributed by atoms with Crippen molar-refractivity contribution in [2.45, 2.75) is 74.5 Å². The van der Waals surface area contributed by atoms with E-state index in [9.17, 15) is 19.2 Å². The third-order valence-corrected chi connectivity index (χ3v) is 3.52. The lowest BCUT2D eigenvalue weighted by Crippen LogP contribution is -2.34. The maximum absolute atomic E-state index is 12.1. The maximum Gasteiger partial charge on any atom is 0.509 e. The summed E-state index contributed by atoms with van der Waals surface area (Å²) >= 11 is 0. The molecule has 0 rings (SSSR count). The van der Waals surface area contributed by atoms with Crippen LogP contribution in [0.5, 0.6) is 0 Å². The molecule has 174 valence electrons. The molecule has 0 aliphatic rings. The van der Waals surface area contributed by atoms with E-state index in [4.69, 9.17) is 23.7 Å². The van der Waals surface area contributed by atoms with E-state index in [1.165, 1.54) is 6.92 Å². The van der Waals surface area contributed by atoms with Crippen LogP contribution >= 0.6 is 0 Å². The Balaban J connectivity index is 4.85. The van der Waals surface area contributed by atoms with Crippen LogP contribution in [0, 0.1) is 16.7 Å². The van der Waals surface area contributed by atoms with Gasteiger partial charge in [-0.05, 0) is 62.3 Å². The molecule has 0 radical (unpaired) electrons. The first-order chi connectivity index (χ1) is 13.5. The van der Waals surface area contributed by atoms with Crippen LogP contribution in [-0.2, 0) is 38.1 Å². The Bertz CT molecular complexity index is 567. The van der Waals surface area contributed by atoms with Crippen molar-refractivity contribution in [2.75, 3.05) is 19.8 Å². The van der Waals surface area contributed by atoms with Crippen molar-refractivity contribution in [3.8, 4) is 0 Å². The van der Waals surface area contributed by atoms with Gasteiger partial charge in [-0.3, -0.25) is 9.59 Å². The zero-order chi connectivity index (χ0) is 23.7. The number of ether oxygens (including phenoxy) is 5. The number of carbonyl (C=O) groups is 4. The van der Waals surface area contributed by atoms with Crippen molar-refractivity contribution < 1.29 is 42.9 Å². The number of hydrogen-bond donors (Lipinski definition) is 0. The molecular weight excluding hydrogens is 396 g/mol. The van der Waals surface area contributed by atoms with E-state index in [0.717, 1.165) is 0 Å². The Hall–Kier alpha value is -2.32. The molecule has 30 heavy (non-hydrogen) atoms. The van der Waals surface area contributed by atoms with E-state index in [0.29, 0.717) is 0 Å². The van der Waals surface area contributed by atoms with E-state index >= 15 is 0 Å². The van der Waals surface area contributed by atoms with E-state index < -0.39 is 46.9 Å². The van der Waals surface area contributed by atoms with Crippen LogP contribution < -0.4 is 0 Å². The largest absolute Gasteiger partial charge is 0.509 e. The van der Waals surface area contributed by atoms with E-state index in [1.807, 2.05) is 0 Å². The molecule has 0 amide bonds. The van der Waals surface area contributed by atoms with Crippen LogP contribution in [0.15, 0.2) is 0 Å². The zero-order valence-electron chi connectivity index (χ0n) is 19.5. The van der Waals surface area contributed by atoms with Gasteiger partial charge in [0.15, 0.2) is 6.10 Å². The molecule has 0 fully saturated rings. The first-order valence-corrected chi connectivity index (χ1v) is 9.92. The number of carbonyl (C=O) groups excluding carboxylic acids is 4. The molecule has 0 aromatic carbocycles. The zero-order valence-corrected chi connectivity index (χ0v) is 19.5. The number of esters is 3. The quantitative estimate of drug-likeness (QED) is 0.400. The highest BCUT2D eigenvalue weighted by atomic mass is 16.7. The first kappa shape index (κ1) is 27.7. The summed E-state index contributed by atoms with van der Waals surface area (Å²) in [5, 5.41) is 0. The van der Waals surface area contributed by atoms with E-state index in [2.05, 4.69) is 0 Å². The van der Waals surface area contributed by atoms with Crippen molar-refractivity contribution in [3.63, 3.8) is 0 Å².